The van der Waals surface area contributed by atoms with E-state index in [1.807, 2.05) is 0 Å². The molecule has 0 aromatic rings. The Balaban J connectivity index is -0.0000000300. The van der Waals surface area contributed by atoms with Crippen LogP contribution in [0.5, 0.6) is 0 Å². The molecule has 0 aliphatic heterocycles. The average molecular weight is 158 g/mol. The molecule has 0 bridgehead atoms. The van der Waals surface area contributed by atoms with Gasteiger partial charge in [-0.15, -0.1) is 0 Å². The predicted octanol–water partition coefficient (Wildman–Crippen LogP) is -3.91. The highest BCUT2D eigenvalue weighted by Gasteiger charge is 1.61. The van der Waals surface area contributed by atoms with Crippen LogP contribution in [0.4, 0.5) is 0 Å². The summed E-state index contributed by atoms with van der Waals surface area (Å²) in [5, 5.41) is 15.6. The van der Waals surface area contributed by atoms with Gasteiger partial charge in [0, 0.05) is 0 Å². The molecule has 0 saturated heterocycles. The molecule has 0 amide bonds. The van der Waals surface area contributed by atoms with Gasteiger partial charge in [0.2, 0.25) is 0 Å². The molecule has 10 heavy (non-hydrogen) atoms. The molecule has 0 atom stereocenters. The second-order valence-electron chi connectivity index (χ2n) is 1.15. The van der Waals surface area contributed by atoms with Gasteiger partial charge in [-0.1, -0.05) is 0 Å². The van der Waals surface area contributed by atoms with E-state index >= 15 is 0 Å². The Morgan fingerprint density at radius 1 is 0.800 bits per heavy atom. The zero-order valence-corrected chi connectivity index (χ0v) is 6.03. The summed E-state index contributed by atoms with van der Waals surface area (Å²) in [7, 11) is 0. The maximum Gasteiger partial charge on any atom is 0.0974 e. The minimum atomic E-state index is 0. The number of hydrogen-bond donors (Lipinski definition) is 4. The molecule has 0 spiro atoms. The Kier molecular flexibility index (Phi) is 84.2. The van der Waals surface area contributed by atoms with Crippen LogP contribution in [0.15, 0.2) is 0 Å². The van der Waals surface area contributed by atoms with Gasteiger partial charge in [0.05, 0.1) is 26.3 Å². The fraction of sp³-hybridized carbons (Fsp3) is 1.00. The van der Waals surface area contributed by atoms with E-state index in [4.69, 9.17) is 10.2 Å². The number of rotatable bonds is 2. The van der Waals surface area contributed by atoms with Gasteiger partial charge in [0.1, 0.15) is 0 Å². The Morgan fingerprint density at radius 2 is 0.900 bits per heavy atom. The van der Waals surface area contributed by atoms with Crippen molar-refractivity contribution < 1.29 is 32.6 Å². The third-order valence-electron chi connectivity index (χ3n) is 0.316. The highest BCUT2D eigenvalue weighted by atomic mass is 16.3. The summed E-state index contributed by atoms with van der Waals surface area (Å²) in [6, 6.07) is 0. The first-order valence-corrected chi connectivity index (χ1v) is 2.63. The fourth-order valence-electron chi connectivity index (χ4n) is 0. The van der Waals surface area contributed by atoms with Gasteiger partial charge in [-0.25, -0.2) is 0 Å². The molecule has 0 saturated carbocycles. The van der Waals surface area contributed by atoms with Crippen LogP contribution in [0.25, 0.3) is 0 Å². The van der Waals surface area contributed by atoms with Crippen molar-refractivity contribution in [2.24, 2.45) is 0 Å². The van der Waals surface area contributed by atoms with Gasteiger partial charge in [-0.3, -0.25) is 0 Å². The number of aliphatic hydroxyl groups excluding tert-OH is 2. The topological polar surface area (TPSA) is 156 Å². The van der Waals surface area contributed by atoms with Gasteiger partial charge in [0.15, 0.2) is 0 Å². The monoisotopic (exact) mass is 158 g/mol. The largest absolute Gasteiger partial charge is 0.870 e. The van der Waals surface area contributed by atoms with Gasteiger partial charge < -0.3 is 32.6 Å². The van der Waals surface area contributed by atoms with E-state index in [-0.39, 0.29) is 24.2 Å². The van der Waals surface area contributed by atoms with E-state index in [1.165, 1.54) is 0 Å². The van der Waals surface area contributed by atoms with Crippen molar-refractivity contribution in [1.29, 1.82) is 0 Å². The molecule has 0 aliphatic carbocycles. The smallest absolute Gasteiger partial charge is 0.0974 e. The first-order chi connectivity index (χ1) is 3.83. The Hall–Kier alpha value is -0.240. The molecule has 0 fully saturated rings. The standard InChI is InChI=1S/2C2H7NO.2H2O/c2*3-1-2-4;;/h2*4H,1-3H2;2*1H2. The third kappa shape index (κ3) is 114. The Labute approximate surface area is 60.1 Å². The number of aliphatic hydroxyl groups is 2. The summed E-state index contributed by atoms with van der Waals surface area (Å²) in [5.74, 6) is 0. The first kappa shape index (κ1) is 22.6. The van der Waals surface area contributed by atoms with Crippen molar-refractivity contribution >= 4 is 0 Å². The summed E-state index contributed by atoms with van der Waals surface area (Å²) in [6.45, 7) is 1.67. The second kappa shape index (κ2) is 37.3. The van der Waals surface area contributed by atoms with Crippen molar-refractivity contribution in [3.8, 4) is 0 Å². The molecule has 0 aliphatic rings. The molecule has 0 heterocycles. The van der Waals surface area contributed by atoms with Crippen LogP contribution in [0.3, 0.4) is 0 Å². The molecule has 0 unspecified atom stereocenters. The normalized spacial score (nSPS) is 6.00. The van der Waals surface area contributed by atoms with Gasteiger partial charge in [-0.2, -0.15) is 0 Å². The first-order valence-electron chi connectivity index (χ1n) is 2.63. The highest BCUT2D eigenvalue weighted by Crippen LogP contribution is 1.29. The molecule has 10 N–H and O–H groups in total. The highest BCUT2D eigenvalue weighted by molar-refractivity contribution is 4.04. The fourth-order valence-corrected chi connectivity index (χ4v) is 0. The number of hydrogen-bond acceptors (Lipinski definition) is 4. The van der Waals surface area contributed by atoms with Gasteiger partial charge in [0.25, 0.3) is 0 Å². The number of quaternary nitrogens is 2. The van der Waals surface area contributed by atoms with Crippen molar-refractivity contribution in [2.75, 3.05) is 26.3 Å². The zero-order chi connectivity index (χ0) is 6.83. The van der Waals surface area contributed by atoms with E-state index in [0.717, 1.165) is 0 Å². The molecule has 0 aromatic carbocycles. The SMILES string of the molecule is [NH3+]CCO.[NH3+]CCO.[OH-].[OH-]. The van der Waals surface area contributed by atoms with Crippen molar-refractivity contribution in [1.82, 2.24) is 0 Å². The summed E-state index contributed by atoms with van der Waals surface area (Å²) in [5.41, 5.74) is 6.71. The molecule has 0 rings (SSSR count). The van der Waals surface area contributed by atoms with Crippen LogP contribution in [0.2, 0.25) is 0 Å². The zero-order valence-electron chi connectivity index (χ0n) is 6.03. The van der Waals surface area contributed by atoms with Gasteiger partial charge >= 0.3 is 0 Å². The second-order valence-corrected chi connectivity index (χ2v) is 1.15. The molecule has 6 nitrogen and oxygen atoms in total. The lowest BCUT2D eigenvalue weighted by Crippen LogP contribution is -2.51. The lowest BCUT2D eigenvalue weighted by atomic mass is 10.8. The molecular formula is C4H18N2O4. The van der Waals surface area contributed by atoms with Crippen molar-refractivity contribution in [2.45, 2.75) is 0 Å². The molecule has 68 valence electrons. The maximum absolute atomic E-state index is 7.81. The molecule has 6 heteroatoms. The van der Waals surface area contributed by atoms with Crippen LogP contribution in [-0.4, -0.2) is 47.5 Å². The van der Waals surface area contributed by atoms with Crippen LogP contribution in [0.1, 0.15) is 0 Å². The molecule has 0 radical (unpaired) electrons. The van der Waals surface area contributed by atoms with E-state index in [9.17, 15) is 0 Å². The predicted molar refractivity (Wildman–Crippen MR) is 33.6 cm³/mol. The molecular weight excluding hydrogens is 140 g/mol. The lowest BCUT2D eigenvalue weighted by molar-refractivity contribution is -0.372. The Morgan fingerprint density at radius 3 is 0.900 bits per heavy atom. The van der Waals surface area contributed by atoms with Crippen molar-refractivity contribution in [3.05, 3.63) is 0 Å². The van der Waals surface area contributed by atoms with E-state index in [0.29, 0.717) is 13.1 Å². The van der Waals surface area contributed by atoms with Crippen LogP contribution >= 0.6 is 0 Å². The molecule has 0 aromatic heterocycles. The van der Waals surface area contributed by atoms with E-state index in [2.05, 4.69) is 11.5 Å². The van der Waals surface area contributed by atoms with Crippen molar-refractivity contribution in [3.63, 3.8) is 0 Å². The average Bonchev–Trinajstić information content (AvgIpc) is 1.88. The van der Waals surface area contributed by atoms with Crippen LogP contribution < -0.4 is 11.5 Å². The summed E-state index contributed by atoms with van der Waals surface area (Å²) in [4.78, 5) is 0. The summed E-state index contributed by atoms with van der Waals surface area (Å²) < 4.78 is 0. The maximum atomic E-state index is 7.81. The summed E-state index contributed by atoms with van der Waals surface area (Å²) in [6.07, 6.45) is 0. The van der Waals surface area contributed by atoms with E-state index in [1.54, 1.807) is 0 Å². The van der Waals surface area contributed by atoms with Gasteiger partial charge in [-0.05, 0) is 0 Å². The summed E-state index contributed by atoms with van der Waals surface area (Å²) >= 11 is 0. The van der Waals surface area contributed by atoms with E-state index < -0.39 is 0 Å². The quantitative estimate of drug-likeness (QED) is 0.324. The third-order valence-corrected chi connectivity index (χ3v) is 0.316. The van der Waals surface area contributed by atoms with Crippen LogP contribution in [-0.2, 0) is 0 Å². The Bertz CT molecular complexity index is 23.2. The minimum absolute atomic E-state index is 0. The minimum Gasteiger partial charge on any atom is -0.870 e. The lowest BCUT2D eigenvalue weighted by Gasteiger charge is -1.67. The van der Waals surface area contributed by atoms with Crippen LogP contribution in [0, 0.1) is 0 Å².